The molecule has 212 valence electrons. The number of benzene rings is 1. The summed E-state index contributed by atoms with van der Waals surface area (Å²) in [7, 11) is 0. The number of aliphatic hydroxyl groups excluding tert-OH is 2. The molecule has 0 aliphatic heterocycles. The van der Waals surface area contributed by atoms with Gasteiger partial charge in [-0.05, 0) is 61.1 Å². The van der Waals surface area contributed by atoms with Gasteiger partial charge in [-0.3, -0.25) is 0 Å². The minimum Gasteiger partial charge on any atom is -0.462 e. The molecule has 0 radical (unpaired) electrons. The monoisotopic (exact) mass is 532 g/mol. The lowest BCUT2D eigenvalue weighted by Crippen LogP contribution is -2.26. The molecule has 0 saturated heterocycles. The molecule has 0 bridgehead atoms. The average Bonchev–Trinajstić information content (AvgIpc) is 2.93. The van der Waals surface area contributed by atoms with E-state index in [0.717, 1.165) is 81.8 Å². The average molecular weight is 533 g/mol. The molecule has 1 aliphatic rings. The summed E-state index contributed by atoms with van der Waals surface area (Å²) in [6, 6.07) is 5.72. The molecule has 1 fully saturated rings. The summed E-state index contributed by atoms with van der Waals surface area (Å²) < 4.78 is 25.0. The van der Waals surface area contributed by atoms with Crippen molar-refractivity contribution in [2.24, 2.45) is 17.8 Å². The lowest BCUT2D eigenvalue weighted by Gasteiger charge is -2.31. The van der Waals surface area contributed by atoms with Gasteiger partial charge in [0.25, 0.3) is 0 Å². The third-order valence-electron chi connectivity index (χ3n) is 7.50. The van der Waals surface area contributed by atoms with Crippen molar-refractivity contribution in [1.82, 2.24) is 0 Å². The highest BCUT2D eigenvalue weighted by Crippen LogP contribution is 2.35. The number of carbonyl (C=O) groups excluding carboxylic acids is 2. The second-order valence-corrected chi connectivity index (χ2v) is 10.6. The molecule has 0 atom stereocenters. The quantitative estimate of drug-likeness (QED) is 0.157. The van der Waals surface area contributed by atoms with Crippen molar-refractivity contribution in [1.29, 1.82) is 0 Å². The Balaban J connectivity index is 1.82. The van der Waals surface area contributed by atoms with Crippen LogP contribution in [0.1, 0.15) is 75.8 Å². The first-order chi connectivity index (χ1) is 18.3. The van der Waals surface area contributed by atoms with Gasteiger partial charge in [0.15, 0.2) is 0 Å². The van der Waals surface area contributed by atoms with E-state index in [4.69, 9.17) is 19.7 Å². The Morgan fingerprint density at radius 3 is 2.05 bits per heavy atom. The van der Waals surface area contributed by atoms with Crippen LogP contribution in [0.2, 0.25) is 0 Å². The van der Waals surface area contributed by atoms with Crippen molar-refractivity contribution in [2.45, 2.75) is 77.6 Å². The van der Waals surface area contributed by atoms with E-state index in [9.17, 15) is 14.0 Å². The van der Waals surface area contributed by atoms with E-state index in [2.05, 4.69) is 26.1 Å². The van der Waals surface area contributed by atoms with Gasteiger partial charge in [-0.1, -0.05) is 70.7 Å². The zero-order valence-corrected chi connectivity index (χ0v) is 22.9. The van der Waals surface area contributed by atoms with Crippen LogP contribution in [-0.4, -0.2) is 48.6 Å². The van der Waals surface area contributed by atoms with Crippen molar-refractivity contribution in [3.8, 4) is 0 Å². The van der Waals surface area contributed by atoms with Crippen LogP contribution in [0.5, 0.6) is 0 Å². The number of aryl methyl sites for hydroxylation is 2. The molecule has 0 aromatic heterocycles. The first kappa shape index (κ1) is 31.7. The maximum atomic E-state index is 14.5. The van der Waals surface area contributed by atoms with Crippen molar-refractivity contribution in [2.75, 3.05) is 26.4 Å². The summed E-state index contributed by atoms with van der Waals surface area (Å²) in [5.41, 5.74) is 1.82. The van der Waals surface area contributed by atoms with Crippen LogP contribution in [0.25, 0.3) is 0 Å². The fourth-order valence-electron chi connectivity index (χ4n) is 5.02. The lowest BCUT2D eigenvalue weighted by molar-refractivity contribution is -0.145. The molecule has 7 heteroatoms. The van der Waals surface area contributed by atoms with E-state index >= 15 is 0 Å². The summed E-state index contributed by atoms with van der Waals surface area (Å²) in [4.78, 5) is 23.9. The molecular formula is C31H45FO6. The number of unbranched alkanes of at least 4 members (excludes halogenated alkanes) is 2. The number of esters is 2. The van der Waals surface area contributed by atoms with E-state index in [1.807, 2.05) is 6.07 Å². The molecule has 0 heterocycles. The Morgan fingerprint density at radius 1 is 0.947 bits per heavy atom. The molecule has 1 saturated carbocycles. The molecule has 0 unspecified atom stereocenters. The third-order valence-corrected chi connectivity index (χ3v) is 7.50. The molecule has 1 aliphatic carbocycles. The van der Waals surface area contributed by atoms with Crippen LogP contribution in [-0.2, 0) is 31.9 Å². The highest BCUT2D eigenvalue weighted by atomic mass is 19.1. The normalized spacial score (nSPS) is 17.3. The van der Waals surface area contributed by atoms with Crippen molar-refractivity contribution < 1.29 is 33.7 Å². The first-order valence-corrected chi connectivity index (χ1v) is 14.0. The summed E-state index contributed by atoms with van der Waals surface area (Å²) in [5, 5.41) is 18.2. The summed E-state index contributed by atoms with van der Waals surface area (Å²) in [6.45, 7) is 8.25. The fourth-order valence-corrected chi connectivity index (χ4v) is 5.02. The maximum absolute atomic E-state index is 14.5. The molecule has 0 amide bonds. The SMILES string of the molecule is C=C(CO)C(=O)OCC(COC(=O)C(=C)CO)CC1CCC(CCc2ccc(CCCCC)c(F)c2)CC1. The van der Waals surface area contributed by atoms with Crippen molar-refractivity contribution in [3.63, 3.8) is 0 Å². The van der Waals surface area contributed by atoms with Crippen LogP contribution in [0.4, 0.5) is 4.39 Å². The van der Waals surface area contributed by atoms with Gasteiger partial charge in [0.1, 0.15) is 5.82 Å². The van der Waals surface area contributed by atoms with E-state index in [1.165, 1.54) is 0 Å². The standard InChI is InChI=1S/C31H45FO6/c1-4-5-6-7-28-15-14-26(17-29(28)32)13-10-24-8-11-25(12-9-24)16-27(20-37-30(35)22(2)18-33)21-38-31(36)23(3)19-34/h14-15,17,24-25,27,33-34H,2-13,16,18-21H2,1H3. The number of hydrogen-bond donors (Lipinski definition) is 2. The van der Waals surface area contributed by atoms with Gasteiger partial charge in [0, 0.05) is 5.92 Å². The second kappa shape index (κ2) is 17.2. The lowest BCUT2D eigenvalue weighted by atomic mass is 9.76. The van der Waals surface area contributed by atoms with Crippen LogP contribution < -0.4 is 0 Å². The highest BCUT2D eigenvalue weighted by Gasteiger charge is 2.26. The predicted molar refractivity (Wildman–Crippen MR) is 146 cm³/mol. The molecule has 2 N–H and O–H groups in total. The Morgan fingerprint density at radius 2 is 1.53 bits per heavy atom. The molecule has 1 aromatic carbocycles. The molecule has 2 rings (SSSR count). The zero-order chi connectivity index (χ0) is 27.9. The highest BCUT2D eigenvalue weighted by molar-refractivity contribution is 5.88. The summed E-state index contributed by atoms with van der Waals surface area (Å²) in [5.74, 6) is -0.624. The van der Waals surface area contributed by atoms with Gasteiger partial charge < -0.3 is 19.7 Å². The largest absolute Gasteiger partial charge is 0.462 e. The van der Waals surface area contributed by atoms with Gasteiger partial charge in [0.2, 0.25) is 0 Å². The van der Waals surface area contributed by atoms with E-state index < -0.39 is 25.2 Å². The van der Waals surface area contributed by atoms with E-state index in [1.54, 1.807) is 6.07 Å². The van der Waals surface area contributed by atoms with Gasteiger partial charge in [-0.25, -0.2) is 14.0 Å². The topological polar surface area (TPSA) is 93.1 Å². The van der Waals surface area contributed by atoms with E-state index in [0.29, 0.717) is 11.8 Å². The third kappa shape index (κ3) is 11.1. The number of hydrogen-bond acceptors (Lipinski definition) is 6. The van der Waals surface area contributed by atoms with Gasteiger partial charge in [0.05, 0.1) is 37.6 Å². The number of halogens is 1. The first-order valence-electron chi connectivity index (χ1n) is 14.0. The molecule has 6 nitrogen and oxygen atoms in total. The minimum absolute atomic E-state index is 0.0269. The van der Waals surface area contributed by atoms with Crippen molar-refractivity contribution >= 4 is 11.9 Å². The molecule has 0 spiro atoms. The maximum Gasteiger partial charge on any atom is 0.335 e. The smallest absolute Gasteiger partial charge is 0.335 e. The Bertz CT molecular complexity index is 887. The number of ether oxygens (including phenoxy) is 2. The fraction of sp³-hybridized carbons (Fsp3) is 0.613. The molecule has 1 aromatic rings. The molecular weight excluding hydrogens is 487 g/mol. The summed E-state index contributed by atoms with van der Waals surface area (Å²) >= 11 is 0. The zero-order valence-electron chi connectivity index (χ0n) is 22.9. The number of carbonyl (C=O) groups is 2. The van der Waals surface area contributed by atoms with Crippen LogP contribution in [0.3, 0.4) is 0 Å². The van der Waals surface area contributed by atoms with Crippen LogP contribution in [0.15, 0.2) is 42.5 Å². The Hall–Kier alpha value is -2.51. The number of rotatable bonds is 17. The van der Waals surface area contributed by atoms with Gasteiger partial charge in [-0.2, -0.15) is 0 Å². The van der Waals surface area contributed by atoms with Gasteiger partial charge in [-0.15, -0.1) is 0 Å². The van der Waals surface area contributed by atoms with E-state index in [-0.39, 0.29) is 36.1 Å². The van der Waals surface area contributed by atoms with Gasteiger partial charge >= 0.3 is 11.9 Å². The number of aliphatic hydroxyl groups is 2. The Labute approximate surface area is 226 Å². The van der Waals surface area contributed by atoms with Crippen LogP contribution >= 0.6 is 0 Å². The second-order valence-electron chi connectivity index (χ2n) is 10.6. The molecule has 38 heavy (non-hydrogen) atoms. The van der Waals surface area contributed by atoms with Crippen LogP contribution in [0, 0.1) is 23.6 Å². The Kier molecular flexibility index (Phi) is 14.3. The summed E-state index contributed by atoms with van der Waals surface area (Å²) in [6.07, 6.45) is 10.9. The van der Waals surface area contributed by atoms with Crippen molar-refractivity contribution in [3.05, 3.63) is 59.4 Å². The minimum atomic E-state index is -0.669. The predicted octanol–water partition coefficient (Wildman–Crippen LogP) is 5.49.